The lowest BCUT2D eigenvalue weighted by atomic mass is 9.70. The Morgan fingerprint density at radius 1 is 1.19 bits per heavy atom. The van der Waals surface area contributed by atoms with Crippen molar-refractivity contribution in [1.29, 1.82) is 0 Å². The van der Waals surface area contributed by atoms with Gasteiger partial charge in [0.25, 0.3) is 5.91 Å². The molecule has 4 rings (SSSR count). The third-order valence-corrected chi connectivity index (χ3v) is 6.33. The molecule has 2 amide bonds. The number of likely N-dealkylation sites (tertiary alicyclic amines) is 1. The fourth-order valence-electron chi connectivity index (χ4n) is 4.79. The van der Waals surface area contributed by atoms with Crippen LogP contribution in [0.15, 0.2) is 24.5 Å². The van der Waals surface area contributed by atoms with Crippen LogP contribution in [0.4, 0.5) is 0 Å². The highest BCUT2D eigenvalue weighted by Gasteiger charge is 2.55. The number of ether oxygens (including phenoxy) is 1. The van der Waals surface area contributed by atoms with E-state index in [0.29, 0.717) is 37.4 Å². The van der Waals surface area contributed by atoms with Crippen LogP contribution in [0, 0.1) is 11.8 Å². The number of piperidine rings is 1. The zero-order chi connectivity index (χ0) is 19.0. The lowest BCUT2D eigenvalue weighted by molar-refractivity contribution is -0.133. The number of rotatable bonds is 4. The first-order valence-electron chi connectivity index (χ1n) is 9.84. The van der Waals surface area contributed by atoms with Crippen molar-refractivity contribution < 1.29 is 14.3 Å². The first kappa shape index (κ1) is 18.4. The van der Waals surface area contributed by atoms with Gasteiger partial charge in [-0.2, -0.15) is 0 Å². The number of likely N-dealkylation sites (N-methyl/N-ethyl adjacent to an activating group) is 1. The molecule has 1 aromatic heterocycles. The number of nitrogens with one attached hydrogen (secondary N) is 1. The van der Waals surface area contributed by atoms with E-state index in [1.54, 1.807) is 24.5 Å². The number of amides is 2. The Hall–Kier alpha value is -1.99. The lowest BCUT2D eigenvalue weighted by Gasteiger charge is -2.51. The van der Waals surface area contributed by atoms with Gasteiger partial charge in [-0.05, 0) is 45.5 Å². The van der Waals surface area contributed by atoms with Gasteiger partial charge in [0, 0.05) is 49.5 Å². The van der Waals surface area contributed by atoms with E-state index in [9.17, 15) is 9.59 Å². The summed E-state index contributed by atoms with van der Waals surface area (Å²) in [5.74, 6) is 0.576. The zero-order valence-corrected chi connectivity index (χ0v) is 16.0. The molecule has 146 valence electrons. The molecule has 2 aliphatic heterocycles. The number of hydrogen-bond donors (Lipinski definition) is 1. The number of pyridine rings is 1. The van der Waals surface area contributed by atoms with Crippen LogP contribution in [0.3, 0.4) is 0 Å². The molecule has 0 radical (unpaired) electrons. The Morgan fingerprint density at radius 3 is 2.56 bits per heavy atom. The first-order chi connectivity index (χ1) is 13.1. The zero-order valence-electron chi connectivity index (χ0n) is 16.0. The minimum Gasteiger partial charge on any atom is -0.376 e. The van der Waals surface area contributed by atoms with Crippen LogP contribution in [0.1, 0.15) is 29.6 Å². The van der Waals surface area contributed by atoms with Crippen LogP contribution in [0.25, 0.3) is 0 Å². The first-order valence-corrected chi connectivity index (χ1v) is 9.84. The summed E-state index contributed by atoms with van der Waals surface area (Å²) in [4.78, 5) is 33.3. The summed E-state index contributed by atoms with van der Waals surface area (Å²) < 4.78 is 5.82. The van der Waals surface area contributed by atoms with Gasteiger partial charge in [-0.1, -0.05) is 0 Å². The SMILES string of the molecule is CN(C)C1C(NC(=O)C2CCN(C(=O)c3ccncc3)CC2)C2CCOC21. The largest absolute Gasteiger partial charge is 0.376 e. The molecule has 3 fully saturated rings. The average molecular weight is 372 g/mol. The summed E-state index contributed by atoms with van der Waals surface area (Å²) >= 11 is 0. The Morgan fingerprint density at radius 2 is 1.89 bits per heavy atom. The number of carbonyl (C=O) groups excluding carboxylic acids is 2. The fourth-order valence-corrected chi connectivity index (χ4v) is 4.79. The van der Waals surface area contributed by atoms with Crippen molar-refractivity contribution in [1.82, 2.24) is 20.1 Å². The fraction of sp³-hybridized carbons (Fsp3) is 0.650. The molecule has 1 aromatic rings. The van der Waals surface area contributed by atoms with Crippen molar-refractivity contribution in [3.05, 3.63) is 30.1 Å². The van der Waals surface area contributed by atoms with Crippen LogP contribution < -0.4 is 5.32 Å². The van der Waals surface area contributed by atoms with Crippen LogP contribution in [0.5, 0.6) is 0 Å². The molecule has 1 aliphatic carbocycles. The number of nitrogens with zero attached hydrogens (tertiary/aromatic N) is 3. The number of aromatic nitrogens is 1. The Labute approximate surface area is 160 Å². The summed E-state index contributed by atoms with van der Waals surface area (Å²) in [6.07, 6.45) is 5.98. The minimum atomic E-state index is -0.0179. The molecule has 2 saturated heterocycles. The Balaban J connectivity index is 1.31. The molecule has 1 N–H and O–H groups in total. The predicted octanol–water partition coefficient (Wildman–Crippen LogP) is 0.768. The molecule has 0 aromatic carbocycles. The molecule has 3 heterocycles. The van der Waals surface area contributed by atoms with Gasteiger partial charge in [-0.15, -0.1) is 0 Å². The molecule has 3 aliphatic rings. The van der Waals surface area contributed by atoms with Crippen LogP contribution in [-0.4, -0.2) is 78.6 Å². The molecule has 1 saturated carbocycles. The smallest absolute Gasteiger partial charge is 0.253 e. The summed E-state index contributed by atoms with van der Waals surface area (Å²) in [6.45, 7) is 2.04. The second kappa shape index (κ2) is 7.56. The summed E-state index contributed by atoms with van der Waals surface area (Å²) in [5, 5.41) is 3.29. The van der Waals surface area contributed by atoms with E-state index in [1.165, 1.54) is 0 Å². The van der Waals surface area contributed by atoms with Gasteiger partial charge >= 0.3 is 0 Å². The maximum Gasteiger partial charge on any atom is 0.253 e. The molecule has 0 spiro atoms. The Kier molecular flexibility index (Phi) is 5.14. The molecule has 4 unspecified atom stereocenters. The third-order valence-electron chi connectivity index (χ3n) is 6.33. The molecule has 7 nitrogen and oxygen atoms in total. The van der Waals surface area contributed by atoms with E-state index in [0.717, 1.165) is 13.0 Å². The van der Waals surface area contributed by atoms with Crippen molar-refractivity contribution >= 4 is 11.8 Å². The van der Waals surface area contributed by atoms with Crippen molar-refractivity contribution in [2.75, 3.05) is 33.8 Å². The van der Waals surface area contributed by atoms with E-state index in [-0.39, 0.29) is 35.9 Å². The van der Waals surface area contributed by atoms with Crippen molar-refractivity contribution in [2.24, 2.45) is 11.8 Å². The van der Waals surface area contributed by atoms with Gasteiger partial charge in [0.15, 0.2) is 0 Å². The number of fused-ring (bicyclic) bond motifs is 1. The van der Waals surface area contributed by atoms with Crippen LogP contribution in [-0.2, 0) is 9.53 Å². The highest BCUT2D eigenvalue weighted by atomic mass is 16.5. The van der Waals surface area contributed by atoms with E-state index in [1.807, 2.05) is 19.0 Å². The summed E-state index contributed by atoms with van der Waals surface area (Å²) in [6, 6.07) is 3.91. The quantitative estimate of drug-likeness (QED) is 0.845. The molecular formula is C20H28N4O3. The maximum absolute atomic E-state index is 12.8. The van der Waals surface area contributed by atoms with Gasteiger partial charge in [0.1, 0.15) is 0 Å². The third kappa shape index (κ3) is 3.46. The van der Waals surface area contributed by atoms with Gasteiger partial charge in [0.2, 0.25) is 5.91 Å². The summed E-state index contributed by atoms with van der Waals surface area (Å²) in [5.41, 5.74) is 0.656. The monoisotopic (exact) mass is 372 g/mol. The molecule has 27 heavy (non-hydrogen) atoms. The molecule has 0 bridgehead atoms. The normalized spacial score (nSPS) is 30.7. The van der Waals surface area contributed by atoms with E-state index >= 15 is 0 Å². The maximum atomic E-state index is 12.8. The molecule has 7 heteroatoms. The van der Waals surface area contributed by atoms with Gasteiger partial charge in [-0.25, -0.2) is 0 Å². The van der Waals surface area contributed by atoms with Crippen molar-refractivity contribution in [3.8, 4) is 0 Å². The van der Waals surface area contributed by atoms with Crippen LogP contribution in [0.2, 0.25) is 0 Å². The number of hydrogen-bond acceptors (Lipinski definition) is 5. The highest BCUT2D eigenvalue weighted by Crippen LogP contribution is 2.41. The topological polar surface area (TPSA) is 74.8 Å². The summed E-state index contributed by atoms with van der Waals surface area (Å²) in [7, 11) is 4.09. The van der Waals surface area contributed by atoms with Crippen molar-refractivity contribution in [3.63, 3.8) is 0 Å². The lowest BCUT2D eigenvalue weighted by Crippen LogP contribution is -2.70. The minimum absolute atomic E-state index is 0.0179. The molecular weight excluding hydrogens is 344 g/mol. The van der Waals surface area contributed by atoms with Crippen LogP contribution >= 0.6 is 0 Å². The highest BCUT2D eigenvalue weighted by molar-refractivity contribution is 5.94. The Bertz CT molecular complexity index is 688. The van der Waals surface area contributed by atoms with Gasteiger partial charge in [0.05, 0.1) is 18.2 Å². The van der Waals surface area contributed by atoms with Gasteiger partial charge in [-0.3, -0.25) is 14.6 Å². The van der Waals surface area contributed by atoms with Crippen molar-refractivity contribution in [2.45, 2.75) is 37.5 Å². The standard InChI is InChI=1S/C20H28N4O3/c1-23(2)17-16(15-7-12-27-18(15)17)22-19(25)13-5-10-24(11-6-13)20(26)14-3-8-21-9-4-14/h3-4,8-9,13,15-18H,5-7,10-12H2,1-2H3,(H,22,25). The second-order valence-corrected chi connectivity index (χ2v) is 8.08. The average Bonchev–Trinajstić information content (AvgIpc) is 3.09. The van der Waals surface area contributed by atoms with E-state index in [4.69, 9.17) is 4.74 Å². The predicted molar refractivity (Wildman–Crippen MR) is 100 cm³/mol. The second-order valence-electron chi connectivity index (χ2n) is 8.08. The van der Waals surface area contributed by atoms with E-state index in [2.05, 4.69) is 15.2 Å². The molecule has 4 atom stereocenters. The van der Waals surface area contributed by atoms with Gasteiger partial charge < -0.3 is 19.9 Å². The van der Waals surface area contributed by atoms with E-state index < -0.39 is 0 Å². The number of carbonyl (C=O) groups is 2.